The van der Waals surface area contributed by atoms with E-state index >= 15 is 0 Å². The fraction of sp³-hybridized carbons (Fsp3) is 0.667. The zero-order valence-corrected chi connectivity index (χ0v) is 13.5. The number of hydrogen-bond acceptors (Lipinski definition) is 2. The zero-order chi connectivity index (χ0) is 14.5. The Balaban J connectivity index is 1.84. The Morgan fingerprint density at radius 1 is 1.30 bits per heavy atom. The number of rotatable bonds is 5. The van der Waals surface area contributed by atoms with Crippen molar-refractivity contribution in [3.63, 3.8) is 0 Å². The molecule has 0 radical (unpaired) electrons. The zero-order valence-electron chi connectivity index (χ0n) is 13.5. The van der Waals surface area contributed by atoms with Crippen LogP contribution in [0.15, 0.2) is 18.2 Å². The first kappa shape index (κ1) is 15.4. The fourth-order valence-electron chi connectivity index (χ4n) is 2.98. The minimum atomic E-state index is 0.556. The predicted octanol–water partition coefficient (Wildman–Crippen LogP) is 4.23. The van der Waals surface area contributed by atoms with E-state index in [4.69, 9.17) is 4.74 Å². The van der Waals surface area contributed by atoms with Crippen molar-refractivity contribution in [3.05, 3.63) is 29.3 Å². The van der Waals surface area contributed by atoms with E-state index in [1.165, 1.54) is 37.1 Å². The summed E-state index contributed by atoms with van der Waals surface area (Å²) in [6.07, 6.45) is 2.72. The molecular formula is C18H29NO. The second kappa shape index (κ2) is 7.12. The van der Waals surface area contributed by atoms with Crippen LogP contribution in [0.4, 0.5) is 0 Å². The van der Waals surface area contributed by atoms with Crippen LogP contribution in [0.2, 0.25) is 0 Å². The van der Waals surface area contributed by atoms with Crippen LogP contribution in [0.25, 0.3) is 0 Å². The molecule has 2 nitrogen and oxygen atoms in total. The molecule has 2 rings (SSSR count). The van der Waals surface area contributed by atoms with Crippen LogP contribution in [-0.2, 0) is 0 Å². The van der Waals surface area contributed by atoms with Crippen LogP contribution in [0.3, 0.4) is 0 Å². The van der Waals surface area contributed by atoms with Gasteiger partial charge in [0.2, 0.25) is 0 Å². The van der Waals surface area contributed by atoms with Gasteiger partial charge in [-0.25, -0.2) is 0 Å². The number of benzene rings is 1. The highest BCUT2D eigenvalue weighted by molar-refractivity contribution is 5.35. The molecule has 0 N–H and O–H groups in total. The first-order valence-corrected chi connectivity index (χ1v) is 8.01. The van der Waals surface area contributed by atoms with Gasteiger partial charge in [0.15, 0.2) is 0 Å². The van der Waals surface area contributed by atoms with E-state index in [1.807, 2.05) is 0 Å². The molecule has 1 aromatic rings. The smallest absolute Gasteiger partial charge is 0.119 e. The third-order valence-electron chi connectivity index (χ3n) is 4.16. The van der Waals surface area contributed by atoms with Gasteiger partial charge >= 0.3 is 0 Å². The average molecular weight is 275 g/mol. The van der Waals surface area contributed by atoms with Crippen LogP contribution < -0.4 is 4.74 Å². The van der Waals surface area contributed by atoms with E-state index < -0.39 is 0 Å². The molecule has 0 unspecified atom stereocenters. The molecule has 1 aliphatic rings. The molecule has 2 heteroatoms. The summed E-state index contributed by atoms with van der Waals surface area (Å²) in [4.78, 5) is 2.54. The molecule has 1 aliphatic heterocycles. The quantitative estimate of drug-likeness (QED) is 0.797. The molecule has 20 heavy (non-hydrogen) atoms. The van der Waals surface area contributed by atoms with E-state index in [9.17, 15) is 0 Å². The number of likely N-dealkylation sites (tertiary alicyclic amines) is 1. The summed E-state index contributed by atoms with van der Waals surface area (Å²) in [7, 11) is 0. The molecule has 0 saturated carbocycles. The van der Waals surface area contributed by atoms with E-state index in [0.717, 1.165) is 24.8 Å². The van der Waals surface area contributed by atoms with Crippen LogP contribution in [-0.4, -0.2) is 31.1 Å². The maximum absolute atomic E-state index is 5.97. The van der Waals surface area contributed by atoms with Crippen molar-refractivity contribution >= 4 is 0 Å². The van der Waals surface area contributed by atoms with Gasteiger partial charge in [-0.15, -0.1) is 0 Å². The lowest BCUT2D eigenvalue weighted by Gasteiger charge is -2.30. The van der Waals surface area contributed by atoms with Crippen LogP contribution in [0.5, 0.6) is 5.75 Å². The molecule has 0 bridgehead atoms. The Bertz CT molecular complexity index is 427. The molecule has 0 aromatic heterocycles. The predicted molar refractivity (Wildman–Crippen MR) is 85.6 cm³/mol. The van der Waals surface area contributed by atoms with E-state index in [2.05, 4.69) is 50.8 Å². The SMILES string of the molecule is Cc1cc(OCCN2CCC[C@@H](C)C2)cc(C(C)C)c1. The van der Waals surface area contributed by atoms with Crippen molar-refractivity contribution in [1.29, 1.82) is 0 Å². The highest BCUT2D eigenvalue weighted by atomic mass is 16.5. The molecule has 112 valence electrons. The first-order chi connectivity index (χ1) is 9.54. The van der Waals surface area contributed by atoms with Gasteiger partial charge in [-0.3, -0.25) is 4.90 Å². The Morgan fingerprint density at radius 2 is 2.10 bits per heavy atom. The Hall–Kier alpha value is -1.02. The Kier molecular flexibility index (Phi) is 5.47. The molecule has 1 saturated heterocycles. The van der Waals surface area contributed by atoms with E-state index in [1.54, 1.807) is 0 Å². The average Bonchev–Trinajstić information content (AvgIpc) is 2.38. The molecule has 1 fully saturated rings. The fourth-order valence-corrected chi connectivity index (χ4v) is 2.98. The lowest BCUT2D eigenvalue weighted by Crippen LogP contribution is -2.37. The van der Waals surface area contributed by atoms with Crippen molar-refractivity contribution < 1.29 is 4.74 Å². The van der Waals surface area contributed by atoms with Crippen LogP contribution in [0.1, 0.15) is 50.7 Å². The van der Waals surface area contributed by atoms with Crippen molar-refractivity contribution in [2.45, 2.75) is 46.5 Å². The van der Waals surface area contributed by atoms with E-state index in [0.29, 0.717) is 5.92 Å². The van der Waals surface area contributed by atoms with E-state index in [-0.39, 0.29) is 0 Å². The lowest BCUT2D eigenvalue weighted by atomic mass is 10.0. The van der Waals surface area contributed by atoms with Gasteiger partial charge in [-0.05, 0) is 61.4 Å². The number of nitrogens with zero attached hydrogens (tertiary/aromatic N) is 1. The molecule has 0 aliphatic carbocycles. The highest BCUT2D eigenvalue weighted by Crippen LogP contribution is 2.23. The summed E-state index contributed by atoms with van der Waals surface area (Å²) in [5.41, 5.74) is 2.66. The summed E-state index contributed by atoms with van der Waals surface area (Å²) in [6, 6.07) is 6.59. The minimum absolute atomic E-state index is 0.556. The van der Waals surface area contributed by atoms with Crippen LogP contribution in [0, 0.1) is 12.8 Å². The first-order valence-electron chi connectivity index (χ1n) is 8.01. The topological polar surface area (TPSA) is 12.5 Å². The number of hydrogen-bond donors (Lipinski definition) is 0. The maximum Gasteiger partial charge on any atom is 0.119 e. The van der Waals surface area contributed by atoms with Crippen molar-refractivity contribution in [3.8, 4) is 5.75 Å². The monoisotopic (exact) mass is 275 g/mol. The third-order valence-corrected chi connectivity index (χ3v) is 4.16. The number of ether oxygens (including phenoxy) is 1. The summed E-state index contributed by atoms with van der Waals surface area (Å²) >= 11 is 0. The van der Waals surface area contributed by atoms with Gasteiger partial charge in [-0.1, -0.05) is 26.8 Å². The van der Waals surface area contributed by atoms with Gasteiger partial charge in [0.1, 0.15) is 12.4 Å². The molecule has 1 atom stereocenters. The summed E-state index contributed by atoms with van der Waals surface area (Å²) < 4.78 is 5.97. The van der Waals surface area contributed by atoms with Crippen molar-refractivity contribution in [2.24, 2.45) is 5.92 Å². The molecule has 1 aromatic carbocycles. The molecule has 0 amide bonds. The second-order valence-electron chi connectivity index (χ2n) is 6.63. The molecular weight excluding hydrogens is 246 g/mol. The summed E-state index contributed by atoms with van der Waals surface area (Å²) in [6.45, 7) is 13.3. The lowest BCUT2D eigenvalue weighted by molar-refractivity contribution is 0.153. The van der Waals surface area contributed by atoms with Crippen molar-refractivity contribution in [2.75, 3.05) is 26.2 Å². The minimum Gasteiger partial charge on any atom is -0.492 e. The van der Waals surface area contributed by atoms with Gasteiger partial charge < -0.3 is 4.74 Å². The number of piperidine rings is 1. The van der Waals surface area contributed by atoms with Gasteiger partial charge in [0.25, 0.3) is 0 Å². The highest BCUT2D eigenvalue weighted by Gasteiger charge is 2.15. The maximum atomic E-state index is 5.97. The molecule has 0 spiro atoms. The largest absolute Gasteiger partial charge is 0.492 e. The van der Waals surface area contributed by atoms with Gasteiger partial charge in [-0.2, -0.15) is 0 Å². The second-order valence-corrected chi connectivity index (χ2v) is 6.63. The summed E-state index contributed by atoms with van der Waals surface area (Å²) in [5, 5.41) is 0. The normalized spacial score (nSPS) is 20.4. The number of aryl methyl sites for hydroxylation is 1. The van der Waals surface area contributed by atoms with Crippen LogP contribution >= 0.6 is 0 Å². The summed E-state index contributed by atoms with van der Waals surface area (Å²) in [5.74, 6) is 2.43. The van der Waals surface area contributed by atoms with Gasteiger partial charge in [0, 0.05) is 13.1 Å². The Morgan fingerprint density at radius 3 is 2.80 bits per heavy atom. The Labute approximate surface area is 124 Å². The van der Waals surface area contributed by atoms with Crippen molar-refractivity contribution in [1.82, 2.24) is 4.90 Å². The standard InChI is InChI=1S/C18H29NO/c1-14(2)17-10-16(4)11-18(12-17)20-9-8-19-7-5-6-15(3)13-19/h10-12,14-15H,5-9,13H2,1-4H3/t15-/m1/s1. The molecule has 1 heterocycles. The van der Waals surface area contributed by atoms with Gasteiger partial charge in [0.05, 0.1) is 0 Å². The third kappa shape index (κ3) is 4.52.